The number of rotatable bonds is 2. The van der Waals surface area contributed by atoms with E-state index in [0.717, 1.165) is 5.56 Å². The minimum Gasteiger partial charge on any atom is -0.445 e. The van der Waals surface area contributed by atoms with Gasteiger partial charge in [-0.1, -0.05) is 37.6 Å². The van der Waals surface area contributed by atoms with Crippen LogP contribution in [0.5, 0.6) is 0 Å². The van der Waals surface area contributed by atoms with Gasteiger partial charge in [-0.05, 0) is 18.4 Å². The van der Waals surface area contributed by atoms with Gasteiger partial charge in [0.1, 0.15) is 0 Å². The first-order valence-corrected chi connectivity index (χ1v) is 4.62. The number of halogens is 3. The van der Waals surface area contributed by atoms with Gasteiger partial charge >= 0.3 is 6.98 Å². The van der Waals surface area contributed by atoms with Crippen LogP contribution in [0.4, 0.5) is 12.9 Å². The molecule has 0 unspecified atom stereocenters. The molecule has 0 saturated heterocycles. The summed E-state index contributed by atoms with van der Waals surface area (Å²) >= 11 is 0. The highest BCUT2D eigenvalue weighted by molar-refractivity contribution is 6.74. The molecule has 0 N–H and O–H groups in total. The summed E-state index contributed by atoms with van der Waals surface area (Å²) in [6.45, 7) is 0.391. The lowest BCUT2D eigenvalue weighted by molar-refractivity contribution is 0.500. The van der Waals surface area contributed by atoms with Gasteiger partial charge in [-0.25, -0.2) is 0 Å². The Morgan fingerprint density at radius 3 is 2.14 bits per heavy atom. The number of aryl methyl sites for hydroxylation is 1. The van der Waals surface area contributed by atoms with E-state index in [1.54, 1.807) is 12.1 Å². The summed E-state index contributed by atoms with van der Waals surface area (Å²) in [5.74, 6) is 0.132. The van der Waals surface area contributed by atoms with E-state index < -0.39 is 12.4 Å². The molecule has 0 atom stereocenters. The van der Waals surface area contributed by atoms with Crippen LogP contribution in [0.1, 0.15) is 30.9 Å². The zero-order valence-electron chi connectivity index (χ0n) is 8.52. The van der Waals surface area contributed by atoms with E-state index in [4.69, 9.17) is 0 Å². The summed E-state index contributed by atoms with van der Waals surface area (Å²) in [5, 5.41) is 0. The molecule has 0 amide bonds. The average molecular weight is 201 g/mol. The minimum atomic E-state index is -4.88. The lowest BCUT2D eigenvalue weighted by atomic mass is 9.75. The molecule has 0 bridgehead atoms. The Morgan fingerprint density at radius 2 is 1.71 bits per heavy atom. The monoisotopic (exact) mass is 201 g/mol. The van der Waals surface area contributed by atoms with Crippen molar-refractivity contribution < 1.29 is 12.9 Å². The van der Waals surface area contributed by atoms with E-state index in [1.807, 2.05) is 13.8 Å². The molecule has 0 saturated carbocycles. The second-order valence-corrected chi connectivity index (χ2v) is 3.85. The Hall–Kier alpha value is -0.925. The maximum atomic E-state index is 12.6. The molecule has 0 spiro atoms. The molecule has 0 aromatic heterocycles. The van der Waals surface area contributed by atoms with Crippen LogP contribution < -0.4 is 5.46 Å². The third kappa shape index (κ3) is 2.31. The van der Waals surface area contributed by atoms with E-state index in [0.29, 0.717) is 5.56 Å². The van der Waals surface area contributed by atoms with Crippen molar-refractivity contribution in [2.24, 2.45) is 0 Å². The van der Waals surface area contributed by atoms with Gasteiger partial charge in [0.25, 0.3) is 0 Å². The van der Waals surface area contributed by atoms with Gasteiger partial charge in [-0.2, -0.15) is 0 Å². The number of hydrogen-bond donors (Lipinski definition) is 0. The van der Waals surface area contributed by atoms with Crippen molar-refractivity contribution in [3.63, 3.8) is 0 Å². The van der Waals surface area contributed by atoms with Crippen molar-refractivity contribution in [1.29, 1.82) is 0 Å². The van der Waals surface area contributed by atoms with Crippen molar-refractivity contribution in [2.45, 2.75) is 26.7 Å². The van der Waals surface area contributed by atoms with Gasteiger partial charge in [-0.15, -0.1) is 5.46 Å². The molecular weight excluding hydrogens is 188 g/mol. The summed E-state index contributed by atoms with van der Waals surface area (Å²) in [6, 6.07) is 4.56. The highest BCUT2D eigenvalue weighted by atomic mass is 19.4. The van der Waals surface area contributed by atoms with Crippen LogP contribution in [-0.2, 0) is 0 Å². The third-order valence-electron chi connectivity index (χ3n) is 2.32. The first-order valence-electron chi connectivity index (χ1n) is 4.62. The van der Waals surface area contributed by atoms with Crippen LogP contribution in [0.3, 0.4) is 0 Å². The van der Waals surface area contributed by atoms with Crippen molar-refractivity contribution in [1.82, 2.24) is 0 Å². The van der Waals surface area contributed by atoms with Crippen molar-refractivity contribution >= 4 is 12.4 Å². The zero-order chi connectivity index (χ0) is 10.9. The quantitative estimate of drug-likeness (QED) is 0.644. The Kier molecular flexibility index (Phi) is 2.93. The Balaban J connectivity index is 3.22. The molecule has 0 aliphatic rings. The predicted molar refractivity (Wildman–Crippen MR) is 54.0 cm³/mol. The summed E-state index contributed by atoms with van der Waals surface area (Å²) in [4.78, 5) is 0. The molecule has 0 aliphatic carbocycles. The third-order valence-corrected chi connectivity index (χ3v) is 2.32. The number of benzene rings is 1. The fourth-order valence-corrected chi connectivity index (χ4v) is 1.37. The average Bonchev–Trinajstić information content (AvgIpc) is 2.02. The zero-order valence-corrected chi connectivity index (χ0v) is 8.52. The van der Waals surface area contributed by atoms with Crippen LogP contribution in [0.2, 0.25) is 0 Å². The van der Waals surface area contributed by atoms with Crippen LogP contribution in [0.25, 0.3) is 0 Å². The van der Waals surface area contributed by atoms with Gasteiger partial charge in [0.15, 0.2) is 0 Å². The van der Waals surface area contributed by atoms with E-state index >= 15 is 0 Å². The van der Waals surface area contributed by atoms with E-state index in [2.05, 4.69) is 0 Å². The van der Waals surface area contributed by atoms with Crippen LogP contribution in [-0.4, -0.2) is 6.98 Å². The Bertz CT molecular complexity index is 329. The first-order chi connectivity index (χ1) is 6.32. The normalized spacial score (nSPS) is 12.2. The molecule has 0 aliphatic heterocycles. The Morgan fingerprint density at radius 1 is 1.14 bits per heavy atom. The maximum absolute atomic E-state index is 12.6. The SMILES string of the molecule is Cc1ccc(C(C)C)cc1[B-](F)(F)F. The van der Waals surface area contributed by atoms with Gasteiger partial charge in [0, 0.05) is 0 Å². The standard InChI is InChI=1S/C10H13BF3/c1-7(2)9-5-4-8(3)10(6-9)11(12,13)14/h4-7H,1-3H3/q-1. The Labute approximate surface area is 82.2 Å². The maximum Gasteiger partial charge on any atom is 0.509 e. The van der Waals surface area contributed by atoms with E-state index in [-0.39, 0.29) is 5.92 Å². The molecular formula is C10H13BF3-. The molecule has 1 aromatic rings. The van der Waals surface area contributed by atoms with Crippen molar-refractivity contribution in [2.75, 3.05) is 0 Å². The lowest BCUT2D eigenvalue weighted by Gasteiger charge is -2.20. The van der Waals surface area contributed by atoms with Crippen LogP contribution in [0.15, 0.2) is 18.2 Å². The van der Waals surface area contributed by atoms with E-state index in [1.165, 1.54) is 13.0 Å². The minimum absolute atomic E-state index is 0.132. The summed E-state index contributed by atoms with van der Waals surface area (Å²) in [5.41, 5.74) is 0.586. The predicted octanol–water partition coefficient (Wildman–Crippen LogP) is 3.17. The summed E-state index contributed by atoms with van der Waals surface area (Å²) in [7, 11) is 0. The summed E-state index contributed by atoms with van der Waals surface area (Å²) in [6.07, 6.45) is 0. The van der Waals surface area contributed by atoms with Crippen LogP contribution in [0, 0.1) is 6.92 Å². The molecule has 0 nitrogen and oxygen atoms in total. The van der Waals surface area contributed by atoms with Gasteiger partial charge in [0.2, 0.25) is 0 Å². The molecule has 0 heterocycles. The molecule has 4 heteroatoms. The second-order valence-electron chi connectivity index (χ2n) is 3.85. The largest absolute Gasteiger partial charge is 0.509 e. The molecule has 14 heavy (non-hydrogen) atoms. The van der Waals surface area contributed by atoms with Crippen LogP contribution >= 0.6 is 0 Å². The fourth-order valence-electron chi connectivity index (χ4n) is 1.37. The highest BCUT2D eigenvalue weighted by Crippen LogP contribution is 2.18. The second kappa shape index (κ2) is 3.68. The number of hydrogen-bond acceptors (Lipinski definition) is 0. The first kappa shape index (κ1) is 11.2. The molecule has 78 valence electrons. The van der Waals surface area contributed by atoms with Crippen molar-refractivity contribution in [3.8, 4) is 0 Å². The van der Waals surface area contributed by atoms with Gasteiger partial charge in [-0.3, -0.25) is 0 Å². The van der Waals surface area contributed by atoms with Gasteiger partial charge in [0.05, 0.1) is 0 Å². The highest BCUT2D eigenvalue weighted by Gasteiger charge is 2.27. The molecule has 1 rings (SSSR count). The van der Waals surface area contributed by atoms with Gasteiger partial charge < -0.3 is 12.9 Å². The fraction of sp³-hybridized carbons (Fsp3) is 0.400. The molecule has 0 radical (unpaired) electrons. The van der Waals surface area contributed by atoms with E-state index in [9.17, 15) is 12.9 Å². The molecule has 0 fully saturated rings. The summed E-state index contributed by atoms with van der Waals surface area (Å²) < 4.78 is 37.7. The lowest BCUT2D eigenvalue weighted by Crippen LogP contribution is -2.36. The smallest absolute Gasteiger partial charge is 0.445 e. The topological polar surface area (TPSA) is 0 Å². The van der Waals surface area contributed by atoms with Crippen molar-refractivity contribution in [3.05, 3.63) is 29.3 Å². The molecule has 1 aromatic carbocycles.